The quantitative estimate of drug-likeness (QED) is 0.771. The molecular weight excluding hydrogens is 202 g/mol. The van der Waals surface area contributed by atoms with Crippen LogP contribution in [-0.4, -0.2) is 23.2 Å². The fraction of sp³-hybridized carbons (Fsp3) is 0.923. The lowest BCUT2D eigenvalue weighted by molar-refractivity contribution is -0.145. The van der Waals surface area contributed by atoms with Gasteiger partial charge in [0.15, 0.2) is 0 Å². The predicted octanol–water partition coefficient (Wildman–Crippen LogP) is 2.16. The van der Waals surface area contributed by atoms with E-state index in [1.807, 2.05) is 0 Å². The van der Waals surface area contributed by atoms with Gasteiger partial charge in [-0.2, -0.15) is 0 Å². The first-order valence-electron chi connectivity index (χ1n) is 6.66. The summed E-state index contributed by atoms with van der Waals surface area (Å²) in [4.78, 5) is 10.7. The molecule has 3 saturated carbocycles. The van der Waals surface area contributed by atoms with Crippen LogP contribution >= 0.6 is 0 Å². The van der Waals surface area contributed by atoms with Crippen molar-refractivity contribution in [1.82, 2.24) is 5.32 Å². The van der Waals surface area contributed by atoms with Crippen molar-refractivity contribution in [2.75, 3.05) is 0 Å². The SMILES string of the molecule is O=C(O)C1CC(NC2CCC3(CC2)CC3)C1. The Labute approximate surface area is 96.6 Å². The van der Waals surface area contributed by atoms with E-state index in [1.165, 1.54) is 38.5 Å². The van der Waals surface area contributed by atoms with Crippen molar-refractivity contribution in [1.29, 1.82) is 0 Å². The Morgan fingerprint density at radius 1 is 1.06 bits per heavy atom. The van der Waals surface area contributed by atoms with Crippen molar-refractivity contribution < 1.29 is 9.90 Å². The Hall–Kier alpha value is -0.570. The highest BCUT2D eigenvalue weighted by Crippen LogP contribution is 2.56. The van der Waals surface area contributed by atoms with Gasteiger partial charge >= 0.3 is 5.97 Å². The Balaban J connectivity index is 1.39. The summed E-state index contributed by atoms with van der Waals surface area (Å²) in [6, 6.07) is 1.16. The summed E-state index contributed by atoms with van der Waals surface area (Å²) < 4.78 is 0. The zero-order valence-corrected chi connectivity index (χ0v) is 9.74. The van der Waals surface area contributed by atoms with Gasteiger partial charge in [-0.05, 0) is 56.8 Å². The van der Waals surface area contributed by atoms with E-state index in [0.717, 1.165) is 18.3 Å². The molecule has 0 unspecified atom stereocenters. The van der Waals surface area contributed by atoms with Crippen molar-refractivity contribution >= 4 is 5.97 Å². The average Bonchev–Trinajstić information content (AvgIpc) is 2.94. The Morgan fingerprint density at radius 2 is 1.69 bits per heavy atom. The van der Waals surface area contributed by atoms with Gasteiger partial charge in [-0.25, -0.2) is 0 Å². The Bertz CT molecular complexity index is 282. The maximum absolute atomic E-state index is 10.7. The molecule has 3 heteroatoms. The highest BCUT2D eigenvalue weighted by molar-refractivity contribution is 5.71. The molecule has 0 aromatic heterocycles. The number of aliphatic carboxylic acids is 1. The number of hydrogen-bond donors (Lipinski definition) is 2. The first-order valence-corrected chi connectivity index (χ1v) is 6.66. The number of carboxylic acid groups (broad SMARTS) is 1. The minimum atomic E-state index is -0.612. The molecule has 0 heterocycles. The molecule has 3 aliphatic rings. The first kappa shape index (κ1) is 10.6. The van der Waals surface area contributed by atoms with Crippen LogP contribution in [0.1, 0.15) is 51.4 Å². The zero-order valence-electron chi connectivity index (χ0n) is 9.74. The molecule has 16 heavy (non-hydrogen) atoms. The van der Waals surface area contributed by atoms with Gasteiger partial charge in [0, 0.05) is 12.1 Å². The second kappa shape index (κ2) is 3.73. The fourth-order valence-electron chi connectivity index (χ4n) is 3.36. The molecule has 0 amide bonds. The number of carboxylic acids is 1. The van der Waals surface area contributed by atoms with Crippen molar-refractivity contribution in [2.24, 2.45) is 11.3 Å². The monoisotopic (exact) mass is 223 g/mol. The van der Waals surface area contributed by atoms with Crippen LogP contribution in [0.15, 0.2) is 0 Å². The van der Waals surface area contributed by atoms with Gasteiger partial charge in [-0.15, -0.1) is 0 Å². The van der Waals surface area contributed by atoms with E-state index in [2.05, 4.69) is 5.32 Å². The number of rotatable bonds is 3. The normalized spacial score (nSPS) is 37.0. The Kier molecular flexibility index (Phi) is 2.46. The molecule has 0 saturated heterocycles. The lowest BCUT2D eigenvalue weighted by Gasteiger charge is -2.38. The lowest BCUT2D eigenvalue weighted by Crippen LogP contribution is -2.49. The van der Waals surface area contributed by atoms with Crippen molar-refractivity contribution in [3.05, 3.63) is 0 Å². The molecule has 0 aromatic carbocycles. The average molecular weight is 223 g/mol. The molecule has 0 aliphatic heterocycles. The molecule has 1 spiro atoms. The standard InChI is InChI=1S/C13H21NO2/c15-12(16)9-7-11(8-9)14-10-1-3-13(4-2-10)5-6-13/h9-11,14H,1-8H2,(H,15,16). The molecule has 3 fully saturated rings. The van der Waals surface area contributed by atoms with E-state index < -0.39 is 5.97 Å². The molecule has 0 atom stereocenters. The molecule has 0 radical (unpaired) electrons. The molecule has 3 nitrogen and oxygen atoms in total. The van der Waals surface area contributed by atoms with Crippen LogP contribution in [0.5, 0.6) is 0 Å². The topological polar surface area (TPSA) is 49.3 Å². The van der Waals surface area contributed by atoms with E-state index >= 15 is 0 Å². The van der Waals surface area contributed by atoms with Crippen LogP contribution in [-0.2, 0) is 4.79 Å². The summed E-state index contributed by atoms with van der Waals surface area (Å²) in [6.07, 6.45) is 10.0. The van der Waals surface area contributed by atoms with Crippen LogP contribution in [0.3, 0.4) is 0 Å². The molecule has 0 bridgehead atoms. The van der Waals surface area contributed by atoms with Crippen LogP contribution in [0.2, 0.25) is 0 Å². The molecule has 2 N–H and O–H groups in total. The minimum absolute atomic E-state index is 0.0733. The van der Waals surface area contributed by atoms with E-state index in [0.29, 0.717) is 12.1 Å². The highest BCUT2D eigenvalue weighted by Gasteiger charge is 2.45. The van der Waals surface area contributed by atoms with E-state index in [4.69, 9.17) is 5.11 Å². The molecule has 90 valence electrons. The van der Waals surface area contributed by atoms with E-state index in [1.54, 1.807) is 0 Å². The molecule has 0 aromatic rings. The smallest absolute Gasteiger partial charge is 0.306 e. The van der Waals surface area contributed by atoms with Gasteiger partial charge < -0.3 is 10.4 Å². The van der Waals surface area contributed by atoms with Gasteiger partial charge in [-0.1, -0.05) is 0 Å². The second-order valence-electron chi connectivity index (χ2n) is 6.14. The van der Waals surface area contributed by atoms with Gasteiger partial charge in [0.25, 0.3) is 0 Å². The van der Waals surface area contributed by atoms with Crippen LogP contribution < -0.4 is 5.32 Å². The van der Waals surface area contributed by atoms with Gasteiger partial charge in [0.2, 0.25) is 0 Å². The first-order chi connectivity index (χ1) is 7.67. The summed E-state index contributed by atoms with van der Waals surface area (Å²) in [6.45, 7) is 0. The summed E-state index contributed by atoms with van der Waals surface area (Å²) >= 11 is 0. The van der Waals surface area contributed by atoms with Crippen molar-refractivity contribution in [2.45, 2.75) is 63.5 Å². The summed E-state index contributed by atoms with van der Waals surface area (Å²) in [5.74, 6) is -0.686. The van der Waals surface area contributed by atoms with Gasteiger partial charge in [0.05, 0.1) is 5.92 Å². The summed E-state index contributed by atoms with van der Waals surface area (Å²) in [5, 5.41) is 12.4. The maximum atomic E-state index is 10.7. The van der Waals surface area contributed by atoms with Crippen LogP contribution in [0, 0.1) is 11.3 Å². The van der Waals surface area contributed by atoms with E-state index in [9.17, 15) is 4.79 Å². The van der Waals surface area contributed by atoms with Crippen molar-refractivity contribution in [3.8, 4) is 0 Å². The third-order valence-corrected chi connectivity index (χ3v) is 4.96. The molecular formula is C13H21NO2. The maximum Gasteiger partial charge on any atom is 0.306 e. The molecule has 3 rings (SSSR count). The third kappa shape index (κ3) is 1.97. The van der Waals surface area contributed by atoms with Gasteiger partial charge in [0.1, 0.15) is 0 Å². The van der Waals surface area contributed by atoms with E-state index in [-0.39, 0.29) is 5.92 Å². The van der Waals surface area contributed by atoms with Crippen LogP contribution in [0.4, 0.5) is 0 Å². The number of hydrogen-bond acceptors (Lipinski definition) is 2. The summed E-state index contributed by atoms with van der Waals surface area (Å²) in [5.41, 5.74) is 0.765. The minimum Gasteiger partial charge on any atom is -0.481 e. The fourth-order valence-corrected chi connectivity index (χ4v) is 3.36. The number of nitrogens with one attached hydrogen (secondary N) is 1. The second-order valence-corrected chi connectivity index (χ2v) is 6.14. The third-order valence-electron chi connectivity index (χ3n) is 4.96. The largest absolute Gasteiger partial charge is 0.481 e. The highest BCUT2D eigenvalue weighted by atomic mass is 16.4. The Morgan fingerprint density at radius 3 is 2.19 bits per heavy atom. The van der Waals surface area contributed by atoms with Crippen molar-refractivity contribution in [3.63, 3.8) is 0 Å². The molecule has 3 aliphatic carbocycles. The van der Waals surface area contributed by atoms with Gasteiger partial charge in [-0.3, -0.25) is 4.79 Å². The van der Waals surface area contributed by atoms with Crippen LogP contribution in [0.25, 0.3) is 0 Å². The zero-order chi connectivity index (χ0) is 11.2. The summed E-state index contributed by atoms with van der Waals surface area (Å²) in [7, 11) is 0. The predicted molar refractivity (Wildman–Crippen MR) is 61.2 cm³/mol. The lowest BCUT2D eigenvalue weighted by atomic mass is 9.78. The number of carbonyl (C=O) groups is 1.